The summed E-state index contributed by atoms with van der Waals surface area (Å²) in [4.78, 5) is 25.1. The average molecular weight is 387 g/mol. The molecule has 3 N–H and O–H groups in total. The summed E-state index contributed by atoms with van der Waals surface area (Å²) >= 11 is 0.741. The first kappa shape index (κ1) is 18.6. The second kappa shape index (κ2) is 7.20. The van der Waals surface area contributed by atoms with Crippen molar-refractivity contribution >= 4 is 34.7 Å². The van der Waals surface area contributed by atoms with Gasteiger partial charge in [0.1, 0.15) is 5.75 Å². The Balaban J connectivity index is 1.99. The number of hydrogen-bond donors (Lipinski definition) is 2. The first-order valence-corrected chi connectivity index (χ1v) is 8.62. The molecule has 10 heteroatoms. The van der Waals surface area contributed by atoms with Gasteiger partial charge in [-0.1, -0.05) is 12.1 Å². The van der Waals surface area contributed by atoms with Gasteiger partial charge in [-0.2, -0.15) is 13.2 Å². The zero-order chi connectivity index (χ0) is 18.9. The molecule has 2 aliphatic rings. The molecule has 0 radical (unpaired) electrons. The van der Waals surface area contributed by atoms with Crippen LogP contribution in [0.1, 0.15) is 12.0 Å². The highest BCUT2D eigenvalue weighted by atomic mass is 32.2. The minimum absolute atomic E-state index is 0.0560. The van der Waals surface area contributed by atoms with Crippen LogP contribution in [0.2, 0.25) is 0 Å². The average Bonchev–Trinajstić information content (AvgIpc) is 3.10. The van der Waals surface area contributed by atoms with E-state index in [2.05, 4.69) is 5.32 Å². The molecule has 0 spiro atoms. The normalized spacial score (nSPS) is 22.2. The van der Waals surface area contributed by atoms with E-state index >= 15 is 0 Å². The number of anilines is 1. The van der Waals surface area contributed by atoms with E-state index in [1.165, 1.54) is 18.2 Å². The standard InChI is InChI=1S/C16H16F3N3O3S/c17-16(18,19)8-25-11-3-1-2-9(6-12-14(23)21-15(24)26-12)13(11)22-5-4-10(20)7-22/h1-3,6,10H,4-5,7-8,20H2,(H,21,23,24)/b12-6-/t10-/m0/s1. The smallest absolute Gasteiger partial charge is 0.422 e. The number of nitrogens with two attached hydrogens (primary N) is 1. The monoisotopic (exact) mass is 387 g/mol. The molecule has 3 rings (SSSR count). The molecule has 0 unspecified atom stereocenters. The lowest BCUT2D eigenvalue weighted by molar-refractivity contribution is -0.153. The minimum Gasteiger partial charge on any atom is -0.482 e. The molecule has 0 saturated carbocycles. The maximum Gasteiger partial charge on any atom is 0.422 e. The molecule has 1 atom stereocenters. The van der Waals surface area contributed by atoms with E-state index in [0.29, 0.717) is 30.8 Å². The van der Waals surface area contributed by atoms with Crippen LogP contribution >= 0.6 is 11.8 Å². The second-order valence-electron chi connectivity index (χ2n) is 5.94. The number of rotatable bonds is 4. The first-order chi connectivity index (χ1) is 12.2. The molecule has 1 aromatic carbocycles. The van der Waals surface area contributed by atoms with Crippen LogP contribution in [-0.4, -0.2) is 43.1 Å². The fourth-order valence-corrected chi connectivity index (χ4v) is 3.50. The molecule has 0 aromatic heterocycles. The Morgan fingerprint density at radius 1 is 1.38 bits per heavy atom. The molecule has 1 aromatic rings. The number of carbonyl (C=O) groups is 2. The molecule has 0 bridgehead atoms. The van der Waals surface area contributed by atoms with Crippen molar-refractivity contribution in [2.75, 3.05) is 24.6 Å². The number of amides is 2. The number of benzene rings is 1. The number of halogens is 3. The summed E-state index contributed by atoms with van der Waals surface area (Å²) in [6.45, 7) is -0.406. The summed E-state index contributed by atoms with van der Waals surface area (Å²) < 4.78 is 42.7. The van der Waals surface area contributed by atoms with Gasteiger partial charge >= 0.3 is 6.18 Å². The number of thioether (sulfide) groups is 1. The van der Waals surface area contributed by atoms with E-state index in [1.54, 1.807) is 6.07 Å². The van der Waals surface area contributed by atoms with Crippen molar-refractivity contribution in [2.24, 2.45) is 5.73 Å². The fourth-order valence-electron chi connectivity index (χ4n) is 2.82. The molecule has 0 aliphatic carbocycles. The maximum absolute atomic E-state index is 12.6. The predicted octanol–water partition coefficient (Wildman–Crippen LogP) is 2.49. The first-order valence-electron chi connectivity index (χ1n) is 7.81. The van der Waals surface area contributed by atoms with E-state index in [9.17, 15) is 22.8 Å². The molecular weight excluding hydrogens is 371 g/mol. The summed E-state index contributed by atoms with van der Waals surface area (Å²) in [5.41, 5.74) is 6.85. The Hall–Kier alpha value is -2.20. The molecule has 2 fully saturated rings. The minimum atomic E-state index is -4.47. The molecule has 2 saturated heterocycles. The number of ether oxygens (including phenoxy) is 1. The van der Waals surface area contributed by atoms with Crippen molar-refractivity contribution in [3.05, 3.63) is 28.7 Å². The van der Waals surface area contributed by atoms with Crippen LogP contribution in [-0.2, 0) is 4.79 Å². The largest absolute Gasteiger partial charge is 0.482 e. The summed E-state index contributed by atoms with van der Waals surface area (Å²) in [6.07, 6.45) is -2.30. The Kier molecular flexibility index (Phi) is 5.15. The summed E-state index contributed by atoms with van der Waals surface area (Å²) in [7, 11) is 0. The molecule has 2 heterocycles. The highest BCUT2D eigenvalue weighted by Gasteiger charge is 2.31. The van der Waals surface area contributed by atoms with Crippen LogP contribution < -0.4 is 20.7 Å². The van der Waals surface area contributed by atoms with Gasteiger partial charge in [0.2, 0.25) is 0 Å². The quantitative estimate of drug-likeness (QED) is 0.773. The molecule has 2 aliphatic heterocycles. The van der Waals surface area contributed by atoms with Crippen LogP contribution in [0, 0.1) is 0 Å². The molecule has 6 nitrogen and oxygen atoms in total. The Morgan fingerprint density at radius 2 is 2.15 bits per heavy atom. The number of para-hydroxylation sites is 1. The summed E-state index contributed by atoms with van der Waals surface area (Å²) in [6, 6.07) is 4.54. The lowest BCUT2D eigenvalue weighted by Crippen LogP contribution is -2.28. The zero-order valence-electron chi connectivity index (χ0n) is 13.5. The maximum atomic E-state index is 12.6. The third-order valence-corrected chi connectivity index (χ3v) is 4.70. The number of nitrogens with one attached hydrogen (secondary N) is 1. The summed E-state index contributed by atoms with van der Waals surface area (Å²) in [5.74, 6) is -0.480. The van der Waals surface area contributed by atoms with E-state index in [4.69, 9.17) is 10.5 Å². The van der Waals surface area contributed by atoms with Gasteiger partial charge in [-0.25, -0.2) is 0 Å². The second-order valence-corrected chi connectivity index (χ2v) is 6.96. The van der Waals surface area contributed by atoms with Gasteiger partial charge in [0, 0.05) is 24.7 Å². The van der Waals surface area contributed by atoms with Gasteiger partial charge < -0.3 is 15.4 Å². The number of carbonyl (C=O) groups excluding carboxylic acids is 2. The highest BCUT2D eigenvalue weighted by Crippen LogP contribution is 2.38. The van der Waals surface area contributed by atoms with Crippen molar-refractivity contribution in [1.29, 1.82) is 0 Å². The van der Waals surface area contributed by atoms with Crippen LogP contribution in [0.3, 0.4) is 0 Å². The number of hydrogen-bond acceptors (Lipinski definition) is 6. The Morgan fingerprint density at radius 3 is 2.73 bits per heavy atom. The lowest BCUT2D eigenvalue weighted by Gasteiger charge is -2.24. The van der Waals surface area contributed by atoms with Crippen molar-refractivity contribution in [3.8, 4) is 5.75 Å². The van der Waals surface area contributed by atoms with Crippen molar-refractivity contribution < 1.29 is 27.5 Å². The van der Waals surface area contributed by atoms with Gasteiger partial charge in [0.05, 0.1) is 10.6 Å². The topological polar surface area (TPSA) is 84.7 Å². The van der Waals surface area contributed by atoms with Gasteiger partial charge in [-0.05, 0) is 30.3 Å². The van der Waals surface area contributed by atoms with Crippen LogP contribution in [0.4, 0.5) is 23.7 Å². The van der Waals surface area contributed by atoms with Gasteiger partial charge in [0.25, 0.3) is 11.1 Å². The Labute approximate surface area is 151 Å². The molecular formula is C16H16F3N3O3S. The van der Waals surface area contributed by atoms with Crippen molar-refractivity contribution in [1.82, 2.24) is 5.32 Å². The van der Waals surface area contributed by atoms with Gasteiger partial charge in [-0.3, -0.25) is 14.9 Å². The molecule has 26 heavy (non-hydrogen) atoms. The number of imide groups is 1. The summed E-state index contributed by atoms with van der Waals surface area (Å²) in [5, 5.41) is 1.66. The van der Waals surface area contributed by atoms with Crippen molar-refractivity contribution in [3.63, 3.8) is 0 Å². The predicted molar refractivity (Wildman–Crippen MR) is 91.9 cm³/mol. The van der Waals surface area contributed by atoms with E-state index in [1.807, 2.05) is 4.90 Å². The van der Waals surface area contributed by atoms with Crippen LogP contribution in [0.25, 0.3) is 6.08 Å². The SMILES string of the molecule is N[C@H]1CCN(c2c(/C=C3\SC(=O)NC3=O)cccc2OCC(F)(F)F)C1. The van der Waals surface area contributed by atoms with E-state index < -0.39 is 23.9 Å². The number of alkyl halides is 3. The highest BCUT2D eigenvalue weighted by molar-refractivity contribution is 8.18. The third kappa shape index (κ3) is 4.31. The molecule has 2 amide bonds. The molecule has 140 valence electrons. The van der Waals surface area contributed by atoms with Crippen molar-refractivity contribution in [2.45, 2.75) is 18.6 Å². The lowest BCUT2D eigenvalue weighted by atomic mass is 10.1. The van der Waals surface area contributed by atoms with Crippen LogP contribution in [0.5, 0.6) is 5.75 Å². The van der Waals surface area contributed by atoms with Gasteiger partial charge in [-0.15, -0.1) is 0 Å². The van der Waals surface area contributed by atoms with E-state index in [0.717, 1.165) is 11.8 Å². The Bertz CT molecular complexity index is 767. The zero-order valence-corrected chi connectivity index (χ0v) is 14.3. The van der Waals surface area contributed by atoms with E-state index in [-0.39, 0.29) is 16.7 Å². The fraction of sp³-hybridized carbons (Fsp3) is 0.375. The third-order valence-electron chi connectivity index (χ3n) is 3.89. The van der Waals surface area contributed by atoms with Crippen LogP contribution in [0.15, 0.2) is 23.1 Å². The van der Waals surface area contributed by atoms with Gasteiger partial charge in [0.15, 0.2) is 6.61 Å². The number of nitrogens with zero attached hydrogens (tertiary/aromatic N) is 1.